The van der Waals surface area contributed by atoms with Crippen LogP contribution in [0.3, 0.4) is 0 Å². The van der Waals surface area contributed by atoms with Crippen LogP contribution in [0.4, 0.5) is 0 Å². The van der Waals surface area contributed by atoms with Crippen molar-refractivity contribution in [2.75, 3.05) is 19.6 Å². The van der Waals surface area contributed by atoms with Crippen molar-refractivity contribution < 1.29 is 18.8 Å². The molecule has 1 aromatic heterocycles. The Morgan fingerprint density at radius 2 is 1.90 bits per heavy atom. The largest absolute Gasteiger partial charge is 0.459 e. The lowest BCUT2D eigenvalue weighted by Crippen LogP contribution is -2.37. The quantitative estimate of drug-likeness (QED) is 0.575. The lowest BCUT2D eigenvalue weighted by atomic mass is 10.3. The van der Waals surface area contributed by atoms with E-state index in [0.29, 0.717) is 19.5 Å². The van der Waals surface area contributed by atoms with Crippen LogP contribution in [0, 0.1) is 0 Å². The zero-order valence-corrected chi connectivity index (χ0v) is 12.1. The molecule has 0 bridgehead atoms. The first-order valence-corrected chi connectivity index (χ1v) is 6.98. The van der Waals surface area contributed by atoms with E-state index < -0.39 is 0 Å². The molecule has 0 aliphatic rings. The topological polar surface area (TPSA) is 100 Å². The first kappa shape index (κ1) is 16.7. The van der Waals surface area contributed by atoms with Crippen LogP contribution in [-0.4, -0.2) is 37.4 Å². The monoisotopic (exact) mass is 295 g/mol. The molecule has 0 saturated carbocycles. The Morgan fingerprint density at radius 1 is 1.10 bits per heavy atom. The number of carbonyl (C=O) groups excluding carboxylic acids is 3. The highest BCUT2D eigenvalue weighted by Crippen LogP contribution is 1.99. The molecule has 7 nitrogen and oxygen atoms in total. The molecule has 0 atom stereocenters. The normalized spacial score (nSPS) is 9.95. The summed E-state index contributed by atoms with van der Waals surface area (Å²) in [6.07, 6.45) is 3.02. The van der Waals surface area contributed by atoms with Crippen LogP contribution in [-0.2, 0) is 9.59 Å². The van der Waals surface area contributed by atoms with Gasteiger partial charge in [0.15, 0.2) is 5.76 Å². The van der Waals surface area contributed by atoms with Crippen molar-refractivity contribution >= 4 is 17.7 Å². The number of hydrogen-bond acceptors (Lipinski definition) is 4. The highest BCUT2D eigenvalue weighted by atomic mass is 16.3. The molecule has 0 spiro atoms. The van der Waals surface area contributed by atoms with Crippen molar-refractivity contribution in [3.8, 4) is 0 Å². The molecule has 21 heavy (non-hydrogen) atoms. The molecule has 3 N–H and O–H groups in total. The van der Waals surface area contributed by atoms with Gasteiger partial charge in [0.1, 0.15) is 0 Å². The number of hydrogen-bond donors (Lipinski definition) is 3. The minimum atomic E-state index is -0.306. The molecule has 7 heteroatoms. The van der Waals surface area contributed by atoms with Gasteiger partial charge in [0.2, 0.25) is 11.8 Å². The van der Waals surface area contributed by atoms with Gasteiger partial charge in [0.25, 0.3) is 5.91 Å². The number of carbonyl (C=O) groups is 3. The Bertz CT molecular complexity index is 457. The van der Waals surface area contributed by atoms with E-state index in [2.05, 4.69) is 16.0 Å². The van der Waals surface area contributed by atoms with E-state index in [9.17, 15) is 14.4 Å². The molecule has 1 aromatic rings. The summed E-state index contributed by atoms with van der Waals surface area (Å²) in [6.45, 7) is 2.91. The predicted molar refractivity (Wildman–Crippen MR) is 76.6 cm³/mol. The fourth-order valence-electron chi connectivity index (χ4n) is 1.54. The molecule has 1 rings (SSSR count). The summed E-state index contributed by atoms with van der Waals surface area (Å²) in [5.74, 6) is -0.475. The van der Waals surface area contributed by atoms with Gasteiger partial charge in [-0.3, -0.25) is 14.4 Å². The van der Waals surface area contributed by atoms with Crippen molar-refractivity contribution in [2.45, 2.75) is 26.2 Å². The van der Waals surface area contributed by atoms with E-state index in [0.717, 1.165) is 6.42 Å². The maximum absolute atomic E-state index is 11.5. The smallest absolute Gasteiger partial charge is 0.286 e. The highest BCUT2D eigenvalue weighted by molar-refractivity contribution is 5.91. The van der Waals surface area contributed by atoms with E-state index >= 15 is 0 Å². The summed E-state index contributed by atoms with van der Waals surface area (Å²) in [5, 5.41) is 7.83. The molecule has 0 saturated heterocycles. The standard InChI is InChI=1S/C14H21N3O4/c1-2-7-15-13(19)10-17-12(18)6-3-8-16-14(20)11-5-4-9-21-11/h4-5,9H,2-3,6-8,10H2,1H3,(H,15,19)(H,16,20)(H,17,18). The van der Waals surface area contributed by atoms with E-state index in [-0.39, 0.29) is 36.4 Å². The Labute approximate surface area is 123 Å². The first-order valence-electron chi connectivity index (χ1n) is 6.98. The van der Waals surface area contributed by atoms with Gasteiger partial charge < -0.3 is 20.4 Å². The van der Waals surface area contributed by atoms with Crippen LogP contribution in [0.1, 0.15) is 36.7 Å². The summed E-state index contributed by atoms with van der Waals surface area (Å²) in [7, 11) is 0. The van der Waals surface area contributed by atoms with Crippen molar-refractivity contribution in [3.63, 3.8) is 0 Å². The van der Waals surface area contributed by atoms with Gasteiger partial charge in [-0.15, -0.1) is 0 Å². The summed E-state index contributed by atoms with van der Waals surface area (Å²) in [4.78, 5) is 34.2. The molecule has 3 amide bonds. The SMILES string of the molecule is CCCNC(=O)CNC(=O)CCCNC(=O)c1ccco1. The molecule has 0 aromatic carbocycles. The summed E-state index contributed by atoms with van der Waals surface area (Å²) in [5.41, 5.74) is 0. The average molecular weight is 295 g/mol. The molecule has 0 unspecified atom stereocenters. The summed E-state index contributed by atoms with van der Waals surface area (Å²) >= 11 is 0. The van der Waals surface area contributed by atoms with Gasteiger partial charge >= 0.3 is 0 Å². The third kappa shape index (κ3) is 7.14. The highest BCUT2D eigenvalue weighted by Gasteiger charge is 2.08. The van der Waals surface area contributed by atoms with Crippen LogP contribution in [0.25, 0.3) is 0 Å². The second kappa shape index (κ2) is 9.57. The van der Waals surface area contributed by atoms with Gasteiger partial charge in [0.05, 0.1) is 12.8 Å². The first-order chi connectivity index (χ1) is 10.1. The number of nitrogens with one attached hydrogen (secondary N) is 3. The Morgan fingerprint density at radius 3 is 2.57 bits per heavy atom. The Kier molecular flexibility index (Phi) is 7.63. The van der Waals surface area contributed by atoms with Crippen molar-refractivity contribution in [3.05, 3.63) is 24.2 Å². The van der Waals surface area contributed by atoms with Gasteiger partial charge in [-0.25, -0.2) is 0 Å². The van der Waals surface area contributed by atoms with E-state index in [1.165, 1.54) is 6.26 Å². The van der Waals surface area contributed by atoms with E-state index in [4.69, 9.17) is 4.42 Å². The average Bonchev–Trinajstić information content (AvgIpc) is 3.01. The number of amides is 3. The predicted octanol–water partition coefficient (Wildman–Crippen LogP) is 0.432. The maximum atomic E-state index is 11.5. The van der Waals surface area contributed by atoms with Gasteiger partial charge in [-0.1, -0.05) is 6.92 Å². The van der Waals surface area contributed by atoms with Crippen LogP contribution in [0.2, 0.25) is 0 Å². The molecule has 1 heterocycles. The van der Waals surface area contributed by atoms with Crippen molar-refractivity contribution in [1.82, 2.24) is 16.0 Å². The second-order valence-electron chi connectivity index (χ2n) is 4.46. The number of rotatable bonds is 9. The molecule has 0 radical (unpaired) electrons. The zero-order chi connectivity index (χ0) is 15.5. The van der Waals surface area contributed by atoms with Crippen LogP contribution in [0.5, 0.6) is 0 Å². The maximum Gasteiger partial charge on any atom is 0.286 e. The minimum Gasteiger partial charge on any atom is -0.459 e. The Balaban J connectivity index is 2.05. The zero-order valence-electron chi connectivity index (χ0n) is 12.1. The molecule has 0 aliphatic heterocycles. The lowest BCUT2D eigenvalue weighted by Gasteiger charge is -2.06. The van der Waals surface area contributed by atoms with Crippen LogP contribution in [0.15, 0.2) is 22.8 Å². The fraction of sp³-hybridized carbons (Fsp3) is 0.500. The van der Waals surface area contributed by atoms with Gasteiger partial charge in [0, 0.05) is 19.5 Å². The molecule has 0 aliphatic carbocycles. The minimum absolute atomic E-state index is 0.0163. The van der Waals surface area contributed by atoms with E-state index in [1.54, 1.807) is 12.1 Å². The van der Waals surface area contributed by atoms with Crippen LogP contribution < -0.4 is 16.0 Å². The second-order valence-corrected chi connectivity index (χ2v) is 4.46. The third-order valence-electron chi connectivity index (χ3n) is 2.63. The summed E-state index contributed by atoms with van der Waals surface area (Å²) in [6, 6.07) is 3.20. The lowest BCUT2D eigenvalue weighted by molar-refractivity contribution is -0.126. The molecular formula is C14H21N3O4. The van der Waals surface area contributed by atoms with Crippen molar-refractivity contribution in [1.29, 1.82) is 0 Å². The van der Waals surface area contributed by atoms with Gasteiger partial charge in [-0.05, 0) is 25.0 Å². The van der Waals surface area contributed by atoms with Crippen LogP contribution >= 0.6 is 0 Å². The molecule has 116 valence electrons. The molecule has 0 fully saturated rings. The number of furan rings is 1. The fourth-order valence-corrected chi connectivity index (χ4v) is 1.54. The third-order valence-corrected chi connectivity index (χ3v) is 2.63. The summed E-state index contributed by atoms with van der Waals surface area (Å²) < 4.78 is 4.93. The molecular weight excluding hydrogens is 274 g/mol. The van der Waals surface area contributed by atoms with E-state index in [1.807, 2.05) is 6.92 Å². The van der Waals surface area contributed by atoms with Gasteiger partial charge in [-0.2, -0.15) is 0 Å². The van der Waals surface area contributed by atoms with Crippen molar-refractivity contribution in [2.24, 2.45) is 0 Å². The Hall–Kier alpha value is -2.31.